The fraction of sp³-hybridized carbons (Fsp3) is 0.467. The molecular formula is C15H17FN2O2S. The molecule has 1 atom stereocenters. The van der Waals surface area contributed by atoms with Crippen molar-refractivity contribution in [1.82, 2.24) is 5.32 Å². The number of aliphatic imine (C=N–C) groups is 1. The van der Waals surface area contributed by atoms with Crippen molar-refractivity contribution in [2.75, 3.05) is 0 Å². The summed E-state index contributed by atoms with van der Waals surface area (Å²) in [5.41, 5.74) is -0.479. The molecule has 112 valence electrons. The Balaban J connectivity index is 1.75. The average Bonchev–Trinajstić information content (AvgIpc) is 2.72. The van der Waals surface area contributed by atoms with Crippen molar-refractivity contribution in [2.45, 2.75) is 43.1 Å². The van der Waals surface area contributed by atoms with E-state index >= 15 is 0 Å². The monoisotopic (exact) mass is 308 g/mol. The number of hydrogen-bond donors (Lipinski definition) is 2. The van der Waals surface area contributed by atoms with Crippen LogP contribution in [0.15, 0.2) is 29.3 Å². The van der Waals surface area contributed by atoms with Crippen molar-refractivity contribution in [3.05, 3.63) is 35.6 Å². The highest BCUT2D eigenvalue weighted by molar-refractivity contribution is 8.16. The summed E-state index contributed by atoms with van der Waals surface area (Å²) in [6.07, 6.45) is 2.19. The fourth-order valence-corrected chi connectivity index (χ4v) is 3.83. The molecule has 2 fully saturated rings. The molecule has 3 rings (SSSR count). The van der Waals surface area contributed by atoms with Crippen LogP contribution in [0.1, 0.15) is 31.7 Å². The van der Waals surface area contributed by atoms with E-state index in [-0.39, 0.29) is 18.3 Å². The molecule has 1 heterocycles. The quantitative estimate of drug-likeness (QED) is 0.900. The van der Waals surface area contributed by atoms with Crippen LogP contribution < -0.4 is 5.32 Å². The summed E-state index contributed by atoms with van der Waals surface area (Å²) >= 11 is 1.25. The van der Waals surface area contributed by atoms with Crippen LogP contribution in [0.5, 0.6) is 0 Å². The Labute approximate surface area is 126 Å². The van der Waals surface area contributed by atoms with Crippen LogP contribution in [0, 0.1) is 5.82 Å². The first-order valence-corrected chi connectivity index (χ1v) is 7.77. The van der Waals surface area contributed by atoms with Gasteiger partial charge in [-0.1, -0.05) is 30.0 Å². The van der Waals surface area contributed by atoms with Gasteiger partial charge in [0.25, 0.3) is 0 Å². The van der Waals surface area contributed by atoms with Crippen LogP contribution in [0.2, 0.25) is 0 Å². The van der Waals surface area contributed by atoms with E-state index in [1.165, 1.54) is 17.8 Å². The number of halogens is 1. The van der Waals surface area contributed by atoms with Gasteiger partial charge in [-0.25, -0.2) is 4.39 Å². The zero-order valence-corrected chi connectivity index (χ0v) is 12.5. The number of carbonyl (C=O) groups excluding carboxylic acids is 1. The predicted octanol–water partition coefficient (Wildman–Crippen LogP) is 2.22. The Kier molecular flexibility index (Phi) is 3.53. The van der Waals surface area contributed by atoms with Crippen LogP contribution >= 0.6 is 11.8 Å². The number of benzene rings is 1. The predicted molar refractivity (Wildman–Crippen MR) is 80.5 cm³/mol. The largest absolute Gasteiger partial charge is 0.388 e. The summed E-state index contributed by atoms with van der Waals surface area (Å²) in [7, 11) is 0. The van der Waals surface area contributed by atoms with Crippen molar-refractivity contribution in [2.24, 2.45) is 4.99 Å². The van der Waals surface area contributed by atoms with Crippen molar-refractivity contribution >= 4 is 22.8 Å². The molecule has 0 unspecified atom stereocenters. The summed E-state index contributed by atoms with van der Waals surface area (Å²) in [5, 5.41) is 13.6. The number of hydrogen-bond acceptors (Lipinski definition) is 4. The Morgan fingerprint density at radius 2 is 2.14 bits per heavy atom. The first kappa shape index (κ1) is 14.5. The molecule has 4 nitrogen and oxygen atoms in total. The highest BCUT2D eigenvalue weighted by Gasteiger charge is 2.59. The third-order valence-electron chi connectivity index (χ3n) is 4.37. The van der Waals surface area contributed by atoms with Crippen LogP contribution in [0.4, 0.5) is 4.39 Å². The van der Waals surface area contributed by atoms with Gasteiger partial charge in [-0.15, -0.1) is 0 Å². The maximum Gasteiger partial charge on any atom is 0.245 e. The van der Waals surface area contributed by atoms with E-state index in [0.29, 0.717) is 23.6 Å². The number of carbonyl (C=O) groups is 1. The standard InChI is InChI=1S/C15H17FN2O2S/c1-14(15(20)7-4-8-15)12(19)18-13(21-14)17-9-10-5-2-3-6-11(10)16/h2-3,5-6,20H,4,7-9H2,1H3,(H,17,18,19)/t14-/m0/s1. The smallest absolute Gasteiger partial charge is 0.245 e. The summed E-state index contributed by atoms with van der Waals surface area (Å²) < 4.78 is 12.6. The lowest BCUT2D eigenvalue weighted by Crippen LogP contribution is -2.58. The highest BCUT2D eigenvalue weighted by atomic mass is 32.2. The second-order valence-electron chi connectivity index (χ2n) is 5.69. The Bertz CT molecular complexity index is 615. The van der Waals surface area contributed by atoms with E-state index in [1.54, 1.807) is 25.1 Å². The van der Waals surface area contributed by atoms with E-state index in [4.69, 9.17) is 0 Å². The third kappa shape index (κ3) is 2.36. The Morgan fingerprint density at radius 1 is 1.43 bits per heavy atom. The number of nitrogens with zero attached hydrogens (tertiary/aromatic N) is 1. The van der Waals surface area contributed by atoms with E-state index in [1.807, 2.05) is 0 Å². The molecule has 0 radical (unpaired) electrons. The van der Waals surface area contributed by atoms with Gasteiger partial charge in [0, 0.05) is 5.56 Å². The number of aliphatic hydroxyl groups is 1. The minimum atomic E-state index is -0.961. The first-order valence-electron chi connectivity index (χ1n) is 6.95. The van der Waals surface area contributed by atoms with Gasteiger partial charge in [0.1, 0.15) is 10.6 Å². The van der Waals surface area contributed by atoms with Gasteiger partial charge in [-0.3, -0.25) is 9.79 Å². The molecule has 2 N–H and O–H groups in total. The van der Waals surface area contributed by atoms with E-state index in [9.17, 15) is 14.3 Å². The minimum Gasteiger partial charge on any atom is -0.388 e. The minimum absolute atomic E-state index is 0.170. The van der Waals surface area contributed by atoms with Crippen molar-refractivity contribution in [3.63, 3.8) is 0 Å². The van der Waals surface area contributed by atoms with Gasteiger partial charge in [0.05, 0.1) is 12.1 Å². The molecule has 1 aromatic carbocycles. The van der Waals surface area contributed by atoms with Gasteiger partial charge in [-0.2, -0.15) is 0 Å². The summed E-state index contributed by atoms with van der Waals surface area (Å²) in [5.74, 6) is -0.529. The molecule has 1 saturated carbocycles. The molecule has 2 aliphatic rings. The SMILES string of the molecule is C[C@]1(C2(O)CCC2)SC(=NCc2ccccc2F)NC1=O. The third-order valence-corrected chi connectivity index (χ3v) is 5.77. The van der Waals surface area contributed by atoms with Crippen LogP contribution in [0.3, 0.4) is 0 Å². The summed E-state index contributed by atoms with van der Waals surface area (Å²) in [6.45, 7) is 1.92. The Hall–Kier alpha value is -1.40. The highest BCUT2D eigenvalue weighted by Crippen LogP contribution is 2.50. The van der Waals surface area contributed by atoms with Gasteiger partial charge >= 0.3 is 0 Å². The first-order chi connectivity index (χ1) is 9.95. The Morgan fingerprint density at radius 3 is 2.76 bits per heavy atom. The van der Waals surface area contributed by atoms with Crippen molar-refractivity contribution in [1.29, 1.82) is 0 Å². The second kappa shape index (κ2) is 5.10. The summed E-state index contributed by atoms with van der Waals surface area (Å²) in [6, 6.07) is 6.43. The van der Waals surface area contributed by atoms with Crippen LogP contribution in [0.25, 0.3) is 0 Å². The van der Waals surface area contributed by atoms with Gasteiger partial charge in [0.15, 0.2) is 5.17 Å². The van der Waals surface area contributed by atoms with Gasteiger partial charge in [0.2, 0.25) is 5.91 Å². The maximum atomic E-state index is 13.5. The maximum absolute atomic E-state index is 13.5. The molecule has 21 heavy (non-hydrogen) atoms. The molecule has 0 bridgehead atoms. The number of amidine groups is 1. The molecule has 0 spiro atoms. The zero-order chi connectivity index (χ0) is 15.1. The van der Waals surface area contributed by atoms with Crippen LogP contribution in [-0.4, -0.2) is 26.5 Å². The molecule has 1 aliphatic carbocycles. The number of thioether (sulfide) groups is 1. The lowest BCUT2D eigenvalue weighted by molar-refractivity contribution is -0.134. The lowest BCUT2D eigenvalue weighted by Gasteiger charge is -2.45. The number of amides is 1. The van der Waals surface area contributed by atoms with Gasteiger partial charge < -0.3 is 10.4 Å². The molecular weight excluding hydrogens is 291 g/mol. The normalized spacial score (nSPS) is 29.3. The molecule has 1 amide bonds. The van der Waals surface area contributed by atoms with E-state index < -0.39 is 10.3 Å². The number of nitrogens with one attached hydrogen (secondary N) is 1. The van der Waals surface area contributed by atoms with E-state index in [0.717, 1.165) is 6.42 Å². The zero-order valence-electron chi connectivity index (χ0n) is 11.7. The van der Waals surface area contributed by atoms with Gasteiger partial charge in [-0.05, 0) is 32.3 Å². The molecule has 6 heteroatoms. The number of rotatable bonds is 3. The average molecular weight is 308 g/mol. The second-order valence-corrected chi connectivity index (χ2v) is 7.09. The molecule has 0 aromatic heterocycles. The molecule has 1 aliphatic heterocycles. The lowest BCUT2D eigenvalue weighted by atomic mass is 9.71. The topological polar surface area (TPSA) is 61.7 Å². The fourth-order valence-electron chi connectivity index (χ4n) is 2.63. The van der Waals surface area contributed by atoms with Crippen molar-refractivity contribution in [3.8, 4) is 0 Å². The van der Waals surface area contributed by atoms with E-state index in [2.05, 4.69) is 10.3 Å². The summed E-state index contributed by atoms with van der Waals surface area (Å²) in [4.78, 5) is 16.4. The van der Waals surface area contributed by atoms with Crippen molar-refractivity contribution < 1.29 is 14.3 Å². The van der Waals surface area contributed by atoms with Crippen LogP contribution in [-0.2, 0) is 11.3 Å². The molecule has 1 saturated heterocycles. The molecule has 1 aromatic rings.